The van der Waals surface area contributed by atoms with Gasteiger partial charge in [0.2, 0.25) is 0 Å². The third-order valence-corrected chi connectivity index (χ3v) is 8.49. The zero-order valence-corrected chi connectivity index (χ0v) is 26.3. The van der Waals surface area contributed by atoms with Gasteiger partial charge in [0.15, 0.2) is 0 Å². The average molecular weight is 532 g/mol. The summed E-state index contributed by atoms with van der Waals surface area (Å²) in [5, 5.41) is 11.1. The van der Waals surface area contributed by atoms with Crippen LogP contribution in [0.4, 0.5) is 0 Å². The van der Waals surface area contributed by atoms with Crippen LogP contribution in [-0.4, -0.2) is 53.3 Å². The Morgan fingerprint density at radius 2 is 1.39 bits per heavy atom. The molecule has 1 saturated heterocycles. The fraction of sp³-hybridized carbons (Fsp3) is 0.750. The standard InChI is InChI=1S/C32H53NO5/c1-14-37-27(36)32(19-30(9,10)33(13)31(11,12)20-32)15-16-38-26(35)21(2)22-17-23(28(3,4)5)25(34)24(18-22)29(6,7)8/h17-18,21,34H,14-16,19-20H2,1-13H3. The van der Waals surface area contributed by atoms with E-state index in [2.05, 4.69) is 81.2 Å². The van der Waals surface area contributed by atoms with Crippen LogP contribution in [0.3, 0.4) is 0 Å². The van der Waals surface area contributed by atoms with Crippen molar-refractivity contribution < 1.29 is 24.2 Å². The lowest BCUT2D eigenvalue weighted by molar-refractivity contribution is -0.173. The van der Waals surface area contributed by atoms with Crippen LogP contribution in [0, 0.1) is 5.41 Å². The molecule has 1 aromatic rings. The molecular weight excluding hydrogens is 478 g/mol. The minimum Gasteiger partial charge on any atom is -0.507 e. The Morgan fingerprint density at radius 1 is 0.947 bits per heavy atom. The van der Waals surface area contributed by atoms with E-state index in [-0.39, 0.29) is 46.2 Å². The summed E-state index contributed by atoms with van der Waals surface area (Å²) in [4.78, 5) is 28.9. The SMILES string of the molecule is CCOC(=O)C1(CCOC(=O)C(C)c2cc(C(C)(C)C)c(O)c(C(C)(C)C)c2)CC(C)(C)N(C)C(C)(C)C1. The molecule has 6 heteroatoms. The Hall–Kier alpha value is -2.08. The van der Waals surface area contributed by atoms with E-state index in [9.17, 15) is 14.7 Å². The topological polar surface area (TPSA) is 76.1 Å². The van der Waals surface area contributed by atoms with Crippen LogP contribution >= 0.6 is 0 Å². The maximum Gasteiger partial charge on any atom is 0.313 e. The van der Waals surface area contributed by atoms with Crippen molar-refractivity contribution in [1.29, 1.82) is 0 Å². The first-order valence-electron chi connectivity index (χ1n) is 14.0. The van der Waals surface area contributed by atoms with E-state index >= 15 is 0 Å². The van der Waals surface area contributed by atoms with Crippen molar-refractivity contribution in [3.8, 4) is 5.75 Å². The third-order valence-electron chi connectivity index (χ3n) is 8.49. The monoisotopic (exact) mass is 531 g/mol. The van der Waals surface area contributed by atoms with Crippen molar-refractivity contribution >= 4 is 11.9 Å². The molecule has 1 aromatic carbocycles. The molecule has 0 radical (unpaired) electrons. The number of aromatic hydroxyl groups is 1. The van der Waals surface area contributed by atoms with Gasteiger partial charge in [-0.15, -0.1) is 0 Å². The predicted octanol–water partition coefficient (Wildman–Crippen LogP) is 6.86. The van der Waals surface area contributed by atoms with Gasteiger partial charge in [-0.25, -0.2) is 0 Å². The van der Waals surface area contributed by atoms with Gasteiger partial charge in [-0.3, -0.25) is 14.5 Å². The van der Waals surface area contributed by atoms with Gasteiger partial charge in [-0.1, -0.05) is 53.7 Å². The highest BCUT2D eigenvalue weighted by molar-refractivity contribution is 5.79. The molecule has 216 valence electrons. The van der Waals surface area contributed by atoms with Gasteiger partial charge in [0.05, 0.1) is 24.5 Å². The van der Waals surface area contributed by atoms with Crippen LogP contribution in [-0.2, 0) is 29.9 Å². The number of carbonyl (C=O) groups is 2. The summed E-state index contributed by atoms with van der Waals surface area (Å²) >= 11 is 0. The first-order chi connectivity index (χ1) is 17.1. The van der Waals surface area contributed by atoms with Crippen molar-refractivity contribution in [3.05, 3.63) is 28.8 Å². The maximum absolute atomic E-state index is 13.3. The molecule has 0 aliphatic carbocycles. The lowest BCUT2D eigenvalue weighted by Gasteiger charge is -2.57. The normalized spacial score (nSPS) is 20.0. The molecule has 0 spiro atoms. The van der Waals surface area contributed by atoms with Crippen LogP contribution in [0.25, 0.3) is 0 Å². The first-order valence-corrected chi connectivity index (χ1v) is 14.0. The van der Waals surface area contributed by atoms with Crippen molar-refractivity contribution in [3.63, 3.8) is 0 Å². The van der Waals surface area contributed by atoms with Crippen molar-refractivity contribution in [2.75, 3.05) is 20.3 Å². The van der Waals surface area contributed by atoms with Crippen molar-refractivity contribution in [2.24, 2.45) is 5.41 Å². The largest absolute Gasteiger partial charge is 0.507 e. The van der Waals surface area contributed by atoms with Crippen LogP contribution in [0.15, 0.2) is 12.1 Å². The number of phenols is 1. The molecular formula is C32H53NO5. The molecule has 1 aliphatic rings. The number of carbonyl (C=O) groups excluding carboxylic acids is 2. The van der Waals surface area contributed by atoms with Gasteiger partial charge in [0.1, 0.15) is 5.75 Å². The van der Waals surface area contributed by atoms with Crippen LogP contribution in [0.1, 0.15) is 125 Å². The zero-order chi connectivity index (χ0) is 29.5. The van der Waals surface area contributed by atoms with Crippen molar-refractivity contribution in [1.82, 2.24) is 4.90 Å². The van der Waals surface area contributed by atoms with E-state index in [1.807, 2.05) is 26.0 Å². The second-order valence-corrected chi connectivity index (χ2v) is 14.6. The number of rotatable bonds is 7. The molecule has 1 heterocycles. The van der Waals surface area contributed by atoms with Gasteiger partial charge in [0, 0.05) is 11.1 Å². The number of phenolic OH excluding ortho intramolecular Hbond substituents is 1. The molecule has 1 fully saturated rings. The Morgan fingerprint density at radius 3 is 1.79 bits per heavy atom. The van der Waals surface area contributed by atoms with Crippen LogP contribution in [0.5, 0.6) is 5.75 Å². The predicted molar refractivity (Wildman–Crippen MR) is 154 cm³/mol. The average Bonchev–Trinajstić information content (AvgIpc) is 2.75. The van der Waals surface area contributed by atoms with E-state index in [1.165, 1.54) is 0 Å². The number of likely N-dealkylation sites (tertiary alicyclic amines) is 1. The molecule has 38 heavy (non-hydrogen) atoms. The summed E-state index contributed by atoms with van der Waals surface area (Å²) in [7, 11) is 2.10. The summed E-state index contributed by atoms with van der Waals surface area (Å²) in [6.45, 7) is 25.1. The van der Waals surface area contributed by atoms with E-state index in [0.29, 0.717) is 25.9 Å². The molecule has 0 saturated carbocycles. The van der Waals surface area contributed by atoms with Gasteiger partial charge < -0.3 is 14.6 Å². The molecule has 1 N–H and O–H groups in total. The number of nitrogens with zero attached hydrogens (tertiary/aromatic N) is 1. The third kappa shape index (κ3) is 6.73. The molecule has 2 rings (SSSR count). The van der Waals surface area contributed by atoms with Gasteiger partial charge >= 0.3 is 11.9 Å². The number of benzene rings is 1. The van der Waals surface area contributed by atoms with Crippen LogP contribution in [0.2, 0.25) is 0 Å². The maximum atomic E-state index is 13.3. The molecule has 1 unspecified atom stereocenters. The Kier molecular flexibility index (Phi) is 9.15. The Bertz CT molecular complexity index is 972. The second kappa shape index (κ2) is 10.8. The van der Waals surface area contributed by atoms with Gasteiger partial charge in [-0.05, 0) is 95.4 Å². The highest BCUT2D eigenvalue weighted by atomic mass is 16.5. The highest BCUT2D eigenvalue weighted by Gasteiger charge is 2.55. The quantitative estimate of drug-likeness (QED) is 0.388. The smallest absolute Gasteiger partial charge is 0.313 e. The van der Waals surface area contributed by atoms with Gasteiger partial charge in [0.25, 0.3) is 0 Å². The molecule has 6 nitrogen and oxygen atoms in total. The molecule has 0 bridgehead atoms. The number of hydrogen-bond acceptors (Lipinski definition) is 6. The second-order valence-electron chi connectivity index (χ2n) is 14.6. The van der Waals surface area contributed by atoms with Gasteiger partial charge in [-0.2, -0.15) is 0 Å². The molecule has 1 atom stereocenters. The number of ether oxygens (including phenoxy) is 2. The Balaban J connectivity index is 2.31. The summed E-state index contributed by atoms with van der Waals surface area (Å²) in [5.74, 6) is -0.762. The van der Waals surface area contributed by atoms with E-state index in [0.717, 1.165) is 16.7 Å². The summed E-state index contributed by atoms with van der Waals surface area (Å²) in [6, 6.07) is 3.86. The summed E-state index contributed by atoms with van der Waals surface area (Å²) in [5.41, 5.74) is 0.718. The van der Waals surface area contributed by atoms with Crippen molar-refractivity contribution in [2.45, 2.75) is 130 Å². The van der Waals surface area contributed by atoms with E-state index in [1.54, 1.807) is 0 Å². The fourth-order valence-corrected chi connectivity index (χ4v) is 6.14. The minimum absolute atomic E-state index is 0.147. The van der Waals surface area contributed by atoms with Crippen LogP contribution < -0.4 is 0 Å². The highest BCUT2D eigenvalue weighted by Crippen LogP contribution is 2.50. The Labute approximate surface area is 231 Å². The van der Waals surface area contributed by atoms with E-state index < -0.39 is 11.3 Å². The van der Waals surface area contributed by atoms with E-state index in [4.69, 9.17) is 9.47 Å². The minimum atomic E-state index is -0.726. The fourth-order valence-electron chi connectivity index (χ4n) is 6.14. The summed E-state index contributed by atoms with van der Waals surface area (Å²) in [6.07, 6.45) is 1.68. The zero-order valence-electron chi connectivity index (χ0n) is 26.3. The molecule has 0 amide bonds. The lowest BCUT2D eigenvalue weighted by Crippen LogP contribution is -2.63. The number of piperidine rings is 1. The summed E-state index contributed by atoms with van der Waals surface area (Å²) < 4.78 is 11.4. The lowest BCUT2D eigenvalue weighted by atomic mass is 9.63. The molecule has 0 aromatic heterocycles. The number of hydrogen-bond donors (Lipinski definition) is 1. The first kappa shape index (κ1) is 32.1. The number of esters is 2. The molecule has 1 aliphatic heterocycles.